The van der Waals surface area contributed by atoms with Crippen LogP contribution >= 0.6 is 0 Å². The summed E-state index contributed by atoms with van der Waals surface area (Å²) in [5.74, 6) is -3.99. The van der Waals surface area contributed by atoms with Gasteiger partial charge in [-0.25, -0.2) is 9.59 Å². The van der Waals surface area contributed by atoms with E-state index in [1.165, 1.54) is 18.2 Å². The average molecular weight is 416 g/mol. The molecule has 0 heterocycles. The van der Waals surface area contributed by atoms with E-state index in [2.05, 4.69) is 0 Å². The molecule has 1 aromatic carbocycles. The predicted molar refractivity (Wildman–Crippen MR) is 102 cm³/mol. The maximum absolute atomic E-state index is 10.4. The van der Waals surface area contributed by atoms with Gasteiger partial charge >= 0.3 is 23.9 Å². The second-order valence-electron chi connectivity index (χ2n) is 5.69. The van der Waals surface area contributed by atoms with Crippen molar-refractivity contribution in [1.29, 1.82) is 0 Å². The van der Waals surface area contributed by atoms with Gasteiger partial charge in [-0.1, -0.05) is 6.07 Å². The number of rotatable bonds is 11. The summed E-state index contributed by atoms with van der Waals surface area (Å²) in [5.41, 5.74) is -0.0372. The van der Waals surface area contributed by atoms with Crippen LogP contribution in [0, 0.1) is 0 Å². The topological polar surface area (TPSA) is 190 Å². The minimum Gasteiger partial charge on any atom is -0.481 e. The molecule has 0 amide bonds. The highest BCUT2D eigenvalue weighted by atomic mass is 16.4. The molecule has 10 heteroatoms. The van der Waals surface area contributed by atoms with Gasteiger partial charge in [0.2, 0.25) is 0 Å². The fourth-order valence-electron chi connectivity index (χ4n) is 1.74. The predicted octanol–water partition coefficient (Wildman–Crippen LogP) is 1.94. The van der Waals surface area contributed by atoms with E-state index < -0.39 is 23.9 Å². The zero-order valence-corrected chi connectivity index (χ0v) is 16.0. The summed E-state index contributed by atoms with van der Waals surface area (Å²) in [6.45, 7) is 0.500. The van der Waals surface area contributed by atoms with E-state index >= 15 is 0 Å². The normalized spacial score (nSPS) is 9.31. The SMILES string of the molecule is O=C(O)CCCCC(=O)O.O=C(O)c1cccc(C(=O)O)c1.OCCCCCO. The Labute approximate surface area is 168 Å². The van der Waals surface area contributed by atoms with Gasteiger partial charge in [-0.15, -0.1) is 0 Å². The summed E-state index contributed by atoms with van der Waals surface area (Å²) < 4.78 is 0. The Morgan fingerprint density at radius 3 is 1.28 bits per heavy atom. The largest absolute Gasteiger partial charge is 0.481 e. The van der Waals surface area contributed by atoms with Crippen LogP contribution in [0.2, 0.25) is 0 Å². The van der Waals surface area contributed by atoms with Crippen molar-refractivity contribution in [3.63, 3.8) is 0 Å². The third-order valence-corrected chi connectivity index (χ3v) is 3.20. The highest BCUT2D eigenvalue weighted by Gasteiger charge is 2.06. The number of aliphatic hydroxyl groups excluding tert-OH is 2. The number of carboxylic acids is 4. The number of aromatic carboxylic acids is 2. The van der Waals surface area contributed by atoms with Crippen molar-refractivity contribution in [3.8, 4) is 0 Å². The summed E-state index contributed by atoms with van der Waals surface area (Å²) in [7, 11) is 0. The van der Waals surface area contributed by atoms with Gasteiger partial charge in [0.25, 0.3) is 0 Å². The van der Waals surface area contributed by atoms with E-state index in [1.807, 2.05) is 0 Å². The Bertz CT molecular complexity index is 578. The lowest BCUT2D eigenvalue weighted by molar-refractivity contribution is -0.139. The van der Waals surface area contributed by atoms with Gasteiger partial charge in [0.05, 0.1) is 11.1 Å². The number of benzene rings is 1. The van der Waals surface area contributed by atoms with Crippen LogP contribution in [-0.2, 0) is 9.59 Å². The van der Waals surface area contributed by atoms with Crippen molar-refractivity contribution in [2.45, 2.75) is 44.9 Å². The monoisotopic (exact) mass is 416 g/mol. The smallest absolute Gasteiger partial charge is 0.335 e. The zero-order valence-electron chi connectivity index (χ0n) is 16.0. The molecule has 0 fully saturated rings. The lowest BCUT2D eigenvalue weighted by Gasteiger charge is -1.95. The minimum atomic E-state index is -1.13. The van der Waals surface area contributed by atoms with Gasteiger partial charge in [-0.2, -0.15) is 0 Å². The summed E-state index contributed by atoms with van der Waals surface area (Å²) in [6.07, 6.45) is 3.60. The van der Waals surface area contributed by atoms with Crippen LogP contribution in [-0.4, -0.2) is 67.7 Å². The average Bonchev–Trinajstić information content (AvgIpc) is 2.66. The van der Waals surface area contributed by atoms with Gasteiger partial charge in [0.15, 0.2) is 0 Å². The first-order valence-electron chi connectivity index (χ1n) is 8.87. The second-order valence-corrected chi connectivity index (χ2v) is 5.69. The fourth-order valence-corrected chi connectivity index (χ4v) is 1.74. The molecule has 0 aliphatic carbocycles. The van der Waals surface area contributed by atoms with Crippen molar-refractivity contribution in [2.24, 2.45) is 0 Å². The van der Waals surface area contributed by atoms with E-state index in [0.717, 1.165) is 25.3 Å². The molecule has 0 radical (unpaired) electrons. The molecule has 6 N–H and O–H groups in total. The molecule has 0 aromatic heterocycles. The van der Waals surface area contributed by atoms with Crippen molar-refractivity contribution >= 4 is 23.9 Å². The number of carboxylic acid groups (broad SMARTS) is 4. The molecule has 0 spiro atoms. The Kier molecular flexibility index (Phi) is 17.9. The van der Waals surface area contributed by atoms with Crippen molar-refractivity contribution in [1.82, 2.24) is 0 Å². The number of carbonyl (C=O) groups is 4. The number of aliphatic carboxylic acids is 2. The standard InChI is InChI=1S/C8H6O4.C6H10O4.C5H12O2/c9-7(10)5-2-1-3-6(4-5)8(11)12;7-5(8)3-1-2-4-6(9)10;6-4-2-1-3-5-7/h1-4H,(H,9,10)(H,11,12);1-4H2,(H,7,8)(H,9,10);6-7H,1-5H2. The van der Waals surface area contributed by atoms with Crippen LogP contribution < -0.4 is 0 Å². The van der Waals surface area contributed by atoms with Crippen LogP contribution in [0.5, 0.6) is 0 Å². The number of hydrogen-bond donors (Lipinski definition) is 6. The minimum absolute atomic E-state index is 0.0186. The van der Waals surface area contributed by atoms with E-state index in [-0.39, 0.29) is 37.2 Å². The van der Waals surface area contributed by atoms with Gasteiger partial charge in [0, 0.05) is 26.1 Å². The van der Waals surface area contributed by atoms with E-state index in [1.54, 1.807) is 0 Å². The Morgan fingerprint density at radius 1 is 0.621 bits per heavy atom. The third kappa shape index (κ3) is 19.6. The molecule has 0 saturated heterocycles. The number of aliphatic hydroxyl groups is 2. The molecule has 0 saturated carbocycles. The van der Waals surface area contributed by atoms with E-state index in [4.69, 9.17) is 30.6 Å². The molecule has 0 aliphatic rings. The van der Waals surface area contributed by atoms with Gasteiger partial charge < -0.3 is 30.6 Å². The Balaban J connectivity index is 0. The molecule has 0 unspecified atom stereocenters. The van der Waals surface area contributed by atoms with Crippen molar-refractivity contribution in [2.75, 3.05) is 13.2 Å². The first-order chi connectivity index (χ1) is 13.6. The Morgan fingerprint density at radius 2 is 1.00 bits per heavy atom. The van der Waals surface area contributed by atoms with E-state index in [0.29, 0.717) is 12.8 Å². The lowest BCUT2D eigenvalue weighted by atomic mass is 10.1. The van der Waals surface area contributed by atoms with Crippen LogP contribution in [0.25, 0.3) is 0 Å². The van der Waals surface area contributed by atoms with E-state index in [9.17, 15) is 19.2 Å². The Hall–Kier alpha value is -2.98. The van der Waals surface area contributed by atoms with Gasteiger partial charge in [0.1, 0.15) is 0 Å². The highest BCUT2D eigenvalue weighted by Crippen LogP contribution is 2.04. The molecule has 10 nitrogen and oxygen atoms in total. The number of unbranched alkanes of at least 4 members (excludes halogenated alkanes) is 3. The molecular weight excluding hydrogens is 388 g/mol. The van der Waals surface area contributed by atoms with Crippen LogP contribution in [0.3, 0.4) is 0 Å². The summed E-state index contributed by atoms with van der Waals surface area (Å²) in [6, 6.07) is 5.20. The molecule has 0 bridgehead atoms. The van der Waals surface area contributed by atoms with Gasteiger partial charge in [-0.05, 0) is 50.3 Å². The van der Waals surface area contributed by atoms with Gasteiger partial charge in [-0.3, -0.25) is 9.59 Å². The lowest BCUT2D eigenvalue weighted by Crippen LogP contribution is -2.01. The molecule has 164 valence electrons. The molecule has 0 aliphatic heterocycles. The van der Waals surface area contributed by atoms with Crippen LogP contribution in [0.1, 0.15) is 65.7 Å². The van der Waals surface area contributed by atoms with Crippen LogP contribution in [0.4, 0.5) is 0 Å². The zero-order chi connectivity index (χ0) is 22.7. The summed E-state index contributed by atoms with van der Waals surface area (Å²) >= 11 is 0. The first kappa shape index (κ1) is 28.2. The maximum atomic E-state index is 10.4. The molecular formula is C19H28O10. The third-order valence-electron chi connectivity index (χ3n) is 3.20. The van der Waals surface area contributed by atoms with Crippen LogP contribution in [0.15, 0.2) is 24.3 Å². The molecule has 1 aromatic rings. The van der Waals surface area contributed by atoms with Crippen molar-refractivity contribution < 1.29 is 49.8 Å². The highest BCUT2D eigenvalue weighted by molar-refractivity contribution is 5.93. The second kappa shape index (κ2) is 18.4. The summed E-state index contributed by atoms with van der Waals surface area (Å²) in [5, 5.41) is 49.7. The maximum Gasteiger partial charge on any atom is 0.335 e. The molecule has 1 rings (SSSR count). The van der Waals surface area contributed by atoms with Crippen molar-refractivity contribution in [3.05, 3.63) is 35.4 Å². The first-order valence-corrected chi connectivity index (χ1v) is 8.87. The quantitative estimate of drug-likeness (QED) is 0.291. The molecule has 29 heavy (non-hydrogen) atoms. The molecule has 0 atom stereocenters. The summed E-state index contributed by atoms with van der Waals surface area (Å²) in [4.78, 5) is 40.6. The number of hydrogen-bond acceptors (Lipinski definition) is 6. The fraction of sp³-hybridized carbons (Fsp3) is 0.474.